The molecule has 1 rings (SSSR count). The number of hydrogen-bond donors (Lipinski definition) is 1. The summed E-state index contributed by atoms with van der Waals surface area (Å²) in [5.74, 6) is 0. The van der Waals surface area contributed by atoms with E-state index in [4.69, 9.17) is 5.73 Å². The van der Waals surface area contributed by atoms with Gasteiger partial charge in [0.1, 0.15) is 0 Å². The van der Waals surface area contributed by atoms with Crippen molar-refractivity contribution in [1.29, 1.82) is 0 Å². The van der Waals surface area contributed by atoms with Gasteiger partial charge in [-0.25, -0.2) is 0 Å². The summed E-state index contributed by atoms with van der Waals surface area (Å²) in [6.45, 7) is 14.4. The van der Waals surface area contributed by atoms with Crippen LogP contribution in [0.5, 0.6) is 0 Å². The van der Waals surface area contributed by atoms with E-state index in [0.29, 0.717) is 6.04 Å². The van der Waals surface area contributed by atoms with Crippen molar-refractivity contribution in [1.82, 2.24) is 9.80 Å². The van der Waals surface area contributed by atoms with Crippen molar-refractivity contribution in [3.63, 3.8) is 0 Å². The Kier molecular flexibility index (Phi) is 3.93. The topological polar surface area (TPSA) is 32.5 Å². The zero-order valence-electron chi connectivity index (χ0n) is 10.1. The molecule has 2 N–H and O–H groups in total. The third-order valence-corrected chi connectivity index (χ3v) is 2.89. The standard InChI is InChI=1S/C11H25N3/c1-5-14-7-6-13(8-10(14)2)9-11(3,4)12/h10H,5-9,12H2,1-4H3. The molecule has 1 aliphatic rings. The highest BCUT2D eigenvalue weighted by Crippen LogP contribution is 2.11. The van der Waals surface area contributed by atoms with E-state index in [1.807, 2.05) is 0 Å². The lowest BCUT2D eigenvalue weighted by molar-refractivity contribution is 0.0764. The van der Waals surface area contributed by atoms with Gasteiger partial charge < -0.3 is 5.73 Å². The summed E-state index contributed by atoms with van der Waals surface area (Å²) in [7, 11) is 0. The Labute approximate surface area is 88.2 Å². The quantitative estimate of drug-likeness (QED) is 0.728. The van der Waals surface area contributed by atoms with E-state index in [1.165, 1.54) is 19.6 Å². The molecule has 0 saturated carbocycles. The summed E-state index contributed by atoms with van der Waals surface area (Å²) in [4.78, 5) is 5.01. The maximum Gasteiger partial charge on any atom is 0.0226 e. The molecule has 0 aromatic heterocycles. The molecule has 0 radical (unpaired) electrons. The van der Waals surface area contributed by atoms with Gasteiger partial charge in [-0.05, 0) is 27.3 Å². The van der Waals surface area contributed by atoms with Crippen LogP contribution in [0.25, 0.3) is 0 Å². The summed E-state index contributed by atoms with van der Waals surface area (Å²) in [5, 5.41) is 0. The minimum absolute atomic E-state index is 0.0614. The van der Waals surface area contributed by atoms with Gasteiger partial charge in [0.25, 0.3) is 0 Å². The fraction of sp³-hybridized carbons (Fsp3) is 1.00. The SMILES string of the molecule is CCN1CCN(CC(C)(C)N)CC1C. The zero-order valence-corrected chi connectivity index (χ0v) is 10.1. The summed E-state index contributed by atoms with van der Waals surface area (Å²) in [6.07, 6.45) is 0. The minimum atomic E-state index is -0.0614. The van der Waals surface area contributed by atoms with Gasteiger partial charge in [-0.3, -0.25) is 9.80 Å². The van der Waals surface area contributed by atoms with Gasteiger partial charge in [-0.2, -0.15) is 0 Å². The maximum atomic E-state index is 6.02. The number of piperazine rings is 1. The second-order valence-corrected chi connectivity index (χ2v) is 5.20. The van der Waals surface area contributed by atoms with Crippen LogP contribution in [0.3, 0.4) is 0 Å². The normalized spacial score (nSPS) is 26.8. The van der Waals surface area contributed by atoms with Crippen LogP contribution in [0.4, 0.5) is 0 Å². The van der Waals surface area contributed by atoms with Gasteiger partial charge >= 0.3 is 0 Å². The number of nitrogens with two attached hydrogens (primary N) is 1. The van der Waals surface area contributed by atoms with E-state index in [2.05, 4.69) is 37.5 Å². The molecule has 1 fully saturated rings. The lowest BCUT2D eigenvalue weighted by atomic mass is 10.1. The summed E-state index contributed by atoms with van der Waals surface area (Å²) in [6, 6.07) is 0.677. The highest BCUT2D eigenvalue weighted by atomic mass is 15.3. The highest BCUT2D eigenvalue weighted by molar-refractivity contribution is 4.84. The summed E-state index contributed by atoms with van der Waals surface area (Å²) >= 11 is 0. The predicted molar refractivity (Wildman–Crippen MR) is 61.4 cm³/mol. The lowest BCUT2D eigenvalue weighted by Gasteiger charge is -2.41. The van der Waals surface area contributed by atoms with Crippen molar-refractivity contribution in [3.05, 3.63) is 0 Å². The van der Waals surface area contributed by atoms with Crippen molar-refractivity contribution in [2.45, 2.75) is 39.3 Å². The Hall–Kier alpha value is -0.120. The fourth-order valence-electron chi connectivity index (χ4n) is 2.26. The van der Waals surface area contributed by atoms with E-state index in [1.54, 1.807) is 0 Å². The number of likely N-dealkylation sites (N-methyl/N-ethyl adjacent to an activating group) is 1. The predicted octanol–water partition coefficient (Wildman–Crippen LogP) is 0.750. The Morgan fingerprint density at radius 1 is 1.36 bits per heavy atom. The van der Waals surface area contributed by atoms with E-state index in [0.717, 1.165) is 13.1 Å². The molecule has 1 unspecified atom stereocenters. The number of nitrogens with zero attached hydrogens (tertiary/aromatic N) is 2. The molecule has 0 aliphatic carbocycles. The molecule has 1 heterocycles. The van der Waals surface area contributed by atoms with E-state index in [9.17, 15) is 0 Å². The lowest BCUT2D eigenvalue weighted by Crippen LogP contribution is -2.56. The van der Waals surface area contributed by atoms with Gasteiger partial charge in [-0.1, -0.05) is 6.92 Å². The van der Waals surface area contributed by atoms with Crippen molar-refractivity contribution >= 4 is 0 Å². The molecule has 1 atom stereocenters. The second kappa shape index (κ2) is 4.60. The van der Waals surface area contributed by atoms with Gasteiger partial charge in [-0.15, -0.1) is 0 Å². The summed E-state index contributed by atoms with van der Waals surface area (Å²) in [5.41, 5.74) is 5.96. The van der Waals surface area contributed by atoms with Gasteiger partial charge in [0.05, 0.1) is 0 Å². The molecule has 3 nitrogen and oxygen atoms in total. The molecule has 0 spiro atoms. The van der Waals surface area contributed by atoms with Crippen LogP contribution in [0.2, 0.25) is 0 Å². The number of rotatable bonds is 3. The zero-order chi connectivity index (χ0) is 10.8. The molecule has 0 aromatic rings. The molecular formula is C11H25N3. The first-order chi connectivity index (χ1) is 6.42. The smallest absolute Gasteiger partial charge is 0.0226 e. The third-order valence-electron chi connectivity index (χ3n) is 2.89. The highest BCUT2D eigenvalue weighted by Gasteiger charge is 2.25. The molecule has 3 heteroatoms. The Balaban J connectivity index is 2.39. The van der Waals surface area contributed by atoms with Crippen LogP contribution < -0.4 is 5.73 Å². The fourth-order valence-corrected chi connectivity index (χ4v) is 2.26. The van der Waals surface area contributed by atoms with Crippen LogP contribution in [-0.4, -0.2) is 54.1 Å². The average Bonchev–Trinajstić information content (AvgIpc) is 2.01. The van der Waals surface area contributed by atoms with Gasteiger partial charge in [0.15, 0.2) is 0 Å². The minimum Gasteiger partial charge on any atom is -0.324 e. The van der Waals surface area contributed by atoms with Crippen molar-refractivity contribution in [3.8, 4) is 0 Å². The van der Waals surface area contributed by atoms with Crippen LogP contribution >= 0.6 is 0 Å². The molecule has 14 heavy (non-hydrogen) atoms. The maximum absolute atomic E-state index is 6.02. The van der Waals surface area contributed by atoms with E-state index in [-0.39, 0.29) is 5.54 Å². The van der Waals surface area contributed by atoms with E-state index >= 15 is 0 Å². The first-order valence-corrected chi connectivity index (χ1v) is 5.67. The van der Waals surface area contributed by atoms with Crippen LogP contribution in [0.15, 0.2) is 0 Å². The molecule has 1 aliphatic heterocycles. The first-order valence-electron chi connectivity index (χ1n) is 5.67. The van der Waals surface area contributed by atoms with Crippen molar-refractivity contribution in [2.75, 3.05) is 32.7 Å². The average molecular weight is 199 g/mol. The molecule has 0 amide bonds. The van der Waals surface area contributed by atoms with E-state index < -0.39 is 0 Å². The van der Waals surface area contributed by atoms with Crippen LogP contribution in [0.1, 0.15) is 27.7 Å². The largest absolute Gasteiger partial charge is 0.324 e. The molecule has 0 aromatic carbocycles. The second-order valence-electron chi connectivity index (χ2n) is 5.20. The van der Waals surface area contributed by atoms with Gasteiger partial charge in [0.2, 0.25) is 0 Å². The Morgan fingerprint density at radius 3 is 2.43 bits per heavy atom. The molecular weight excluding hydrogens is 174 g/mol. The van der Waals surface area contributed by atoms with Crippen molar-refractivity contribution < 1.29 is 0 Å². The molecule has 84 valence electrons. The molecule has 1 saturated heterocycles. The Bertz CT molecular complexity index is 174. The van der Waals surface area contributed by atoms with Crippen molar-refractivity contribution in [2.24, 2.45) is 5.73 Å². The van der Waals surface area contributed by atoms with Crippen LogP contribution in [0, 0.1) is 0 Å². The first kappa shape index (κ1) is 12.0. The van der Waals surface area contributed by atoms with Crippen LogP contribution in [-0.2, 0) is 0 Å². The summed E-state index contributed by atoms with van der Waals surface area (Å²) < 4.78 is 0. The van der Waals surface area contributed by atoms with Gasteiger partial charge in [0, 0.05) is 37.8 Å². The Morgan fingerprint density at radius 2 is 2.00 bits per heavy atom. The monoisotopic (exact) mass is 199 g/mol. The molecule has 0 bridgehead atoms. The number of hydrogen-bond acceptors (Lipinski definition) is 3. The third kappa shape index (κ3) is 3.56.